The van der Waals surface area contributed by atoms with E-state index in [1.165, 1.54) is 12.0 Å². The molecule has 41 heavy (non-hydrogen) atoms. The molecule has 1 N–H and O–H groups in total. The number of hydrogen-bond donors (Lipinski definition) is 1. The number of benzene rings is 1. The first kappa shape index (κ1) is 26.9. The quantitative estimate of drug-likeness (QED) is 0.325. The van der Waals surface area contributed by atoms with Crippen molar-refractivity contribution in [3.8, 4) is 11.3 Å². The van der Waals surface area contributed by atoms with Crippen LogP contribution in [0.1, 0.15) is 113 Å². The Morgan fingerprint density at radius 3 is 2.46 bits per heavy atom. The van der Waals surface area contributed by atoms with Crippen LogP contribution in [0.5, 0.6) is 0 Å². The topological polar surface area (TPSA) is 103 Å². The molecule has 8 heteroatoms. The molecule has 5 aliphatic rings. The zero-order valence-corrected chi connectivity index (χ0v) is 24.3. The molecule has 1 aliphatic heterocycles. The molecule has 8 rings (SSSR count). The van der Waals surface area contributed by atoms with Crippen LogP contribution in [0, 0.1) is 18.3 Å². The van der Waals surface area contributed by atoms with E-state index in [9.17, 15) is 4.79 Å². The van der Waals surface area contributed by atoms with Gasteiger partial charge in [-0.15, -0.1) is 0 Å². The summed E-state index contributed by atoms with van der Waals surface area (Å²) in [6.45, 7) is 3.41. The van der Waals surface area contributed by atoms with Gasteiger partial charge in [-0.1, -0.05) is 36.6 Å². The molecule has 2 bridgehead atoms. The molecule has 3 aromatic rings. The third kappa shape index (κ3) is 5.24. The number of oxazole rings is 1. The average molecular weight is 559 g/mol. The van der Waals surface area contributed by atoms with E-state index in [0.717, 1.165) is 131 Å². The van der Waals surface area contributed by atoms with E-state index in [-0.39, 0.29) is 22.7 Å². The Morgan fingerprint density at radius 1 is 1.00 bits per heavy atom. The van der Waals surface area contributed by atoms with Crippen molar-refractivity contribution in [3.63, 3.8) is 0 Å². The number of anilines is 1. The summed E-state index contributed by atoms with van der Waals surface area (Å²) >= 11 is 0. The molecule has 8 nitrogen and oxygen atoms in total. The fourth-order valence-electron chi connectivity index (χ4n) is 8.01. The summed E-state index contributed by atoms with van der Waals surface area (Å²) < 4.78 is 17.7. The number of hydrogen-bond acceptors (Lipinski definition) is 7. The maximum Gasteiger partial charge on any atom is 0.232 e. The Morgan fingerprint density at radius 2 is 1.76 bits per heavy atom. The standard InChI is InChI=1S/C33H42N4O4/c1-22-35-31(41-37-22)33-15-12-32(13-16-33,14-17-33)20-26-25(28-21-34-30(40-28)24-10-18-39-19-11-24)8-5-9-27(26)36-29(38)23-6-3-2-4-7-23/h5,8-9,21,23-24H,2-4,6-7,10-20H2,1H3,(H,36,38). The van der Waals surface area contributed by atoms with Crippen molar-refractivity contribution in [2.24, 2.45) is 11.3 Å². The van der Waals surface area contributed by atoms with Crippen molar-refractivity contribution in [2.45, 2.75) is 108 Å². The number of carbonyl (C=O) groups excluding carboxylic acids is 1. The largest absolute Gasteiger partial charge is 0.440 e. The van der Waals surface area contributed by atoms with Gasteiger partial charge in [0.05, 0.1) is 6.20 Å². The molecule has 0 unspecified atom stereocenters. The second kappa shape index (κ2) is 11.0. The molecule has 1 amide bonds. The fourth-order valence-corrected chi connectivity index (χ4v) is 8.01. The molecule has 2 aromatic heterocycles. The molecule has 4 aliphatic carbocycles. The molecule has 0 spiro atoms. The van der Waals surface area contributed by atoms with E-state index in [2.05, 4.69) is 27.6 Å². The smallest absolute Gasteiger partial charge is 0.232 e. The molecule has 218 valence electrons. The third-order valence-electron chi connectivity index (χ3n) is 10.7. The molecule has 4 saturated carbocycles. The number of amides is 1. The first-order chi connectivity index (χ1) is 20.0. The van der Waals surface area contributed by atoms with Crippen LogP contribution in [0.4, 0.5) is 5.69 Å². The highest BCUT2D eigenvalue weighted by Crippen LogP contribution is 2.59. The van der Waals surface area contributed by atoms with Gasteiger partial charge in [-0.2, -0.15) is 4.98 Å². The van der Waals surface area contributed by atoms with Crippen LogP contribution in [0.3, 0.4) is 0 Å². The van der Waals surface area contributed by atoms with Crippen LogP contribution >= 0.6 is 0 Å². The Labute approximate surface area is 242 Å². The van der Waals surface area contributed by atoms with Gasteiger partial charge < -0.3 is 19.0 Å². The van der Waals surface area contributed by atoms with Crippen LogP contribution in [0.25, 0.3) is 11.3 Å². The third-order valence-corrected chi connectivity index (χ3v) is 10.7. The van der Waals surface area contributed by atoms with Gasteiger partial charge in [-0.3, -0.25) is 4.79 Å². The van der Waals surface area contributed by atoms with Crippen LogP contribution in [0.15, 0.2) is 33.3 Å². The number of fused-ring (bicyclic) bond motifs is 3. The molecule has 1 saturated heterocycles. The van der Waals surface area contributed by atoms with Crippen LogP contribution in [-0.2, 0) is 21.4 Å². The average Bonchev–Trinajstić information content (AvgIpc) is 3.70. The number of aromatic nitrogens is 3. The fraction of sp³-hybridized carbons (Fsp3) is 0.636. The molecule has 1 aromatic carbocycles. The van der Waals surface area contributed by atoms with Crippen LogP contribution < -0.4 is 5.32 Å². The summed E-state index contributed by atoms with van der Waals surface area (Å²) in [5, 5.41) is 7.49. The number of nitrogens with zero attached hydrogens (tertiary/aromatic N) is 3. The maximum absolute atomic E-state index is 13.4. The SMILES string of the molecule is Cc1noc(C23CCC(Cc4c(NC(=O)C5CCCCC5)cccc4-c4cnc(C5CCOCC5)o4)(CC2)CC3)n1. The minimum atomic E-state index is 0.0180. The number of rotatable bonds is 7. The first-order valence-corrected chi connectivity index (χ1v) is 15.8. The molecule has 3 heterocycles. The van der Waals surface area contributed by atoms with Gasteiger partial charge in [0.1, 0.15) is 0 Å². The maximum atomic E-state index is 13.4. The van der Waals surface area contributed by atoms with Gasteiger partial charge >= 0.3 is 0 Å². The van der Waals surface area contributed by atoms with Gasteiger partial charge in [0.25, 0.3) is 0 Å². The minimum absolute atomic E-state index is 0.0180. The monoisotopic (exact) mass is 558 g/mol. The summed E-state index contributed by atoms with van der Waals surface area (Å²) in [5.41, 5.74) is 3.38. The van der Waals surface area contributed by atoms with Crippen LogP contribution in [-0.4, -0.2) is 34.2 Å². The van der Waals surface area contributed by atoms with Crippen molar-refractivity contribution < 1.29 is 18.5 Å². The highest BCUT2D eigenvalue weighted by Gasteiger charge is 2.52. The summed E-state index contributed by atoms with van der Waals surface area (Å²) in [4.78, 5) is 22.8. The van der Waals surface area contributed by atoms with E-state index < -0.39 is 0 Å². The minimum Gasteiger partial charge on any atom is -0.440 e. The Hall–Kier alpha value is -3.00. The lowest BCUT2D eigenvalue weighted by atomic mass is 9.52. The van der Waals surface area contributed by atoms with Gasteiger partial charge in [0, 0.05) is 41.7 Å². The Balaban J connectivity index is 1.19. The van der Waals surface area contributed by atoms with Gasteiger partial charge in [-0.25, -0.2) is 4.98 Å². The van der Waals surface area contributed by atoms with Crippen molar-refractivity contribution in [1.29, 1.82) is 0 Å². The zero-order valence-electron chi connectivity index (χ0n) is 24.3. The lowest BCUT2D eigenvalue weighted by Crippen LogP contribution is -2.45. The first-order valence-electron chi connectivity index (χ1n) is 15.8. The van der Waals surface area contributed by atoms with Crippen molar-refractivity contribution in [2.75, 3.05) is 18.5 Å². The van der Waals surface area contributed by atoms with E-state index in [0.29, 0.717) is 5.92 Å². The summed E-state index contributed by atoms with van der Waals surface area (Å²) in [6, 6.07) is 6.28. The van der Waals surface area contributed by atoms with Gasteiger partial charge in [0.15, 0.2) is 17.5 Å². The molecular formula is C33H42N4O4. The lowest BCUT2D eigenvalue weighted by Gasteiger charge is -2.52. The summed E-state index contributed by atoms with van der Waals surface area (Å²) in [7, 11) is 0. The van der Waals surface area contributed by atoms with E-state index in [1.54, 1.807) is 0 Å². The number of carbonyl (C=O) groups is 1. The van der Waals surface area contributed by atoms with E-state index in [4.69, 9.17) is 18.7 Å². The molecule has 0 atom stereocenters. The number of ether oxygens (including phenoxy) is 1. The Kier molecular flexibility index (Phi) is 7.21. The highest BCUT2D eigenvalue weighted by molar-refractivity contribution is 5.94. The molecule has 0 radical (unpaired) electrons. The summed E-state index contributed by atoms with van der Waals surface area (Å²) in [5.74, 6) is 3.72. The second-order valence-electron chi connectivity index (χ2n) is 13.2. The van der Waals surface area contributed by atoms with E-state index >= 15 is 0 Å². The predicted octanol–water partition coefficient (Wildman–Crippen LogP) is 7.28. The van der Waals surface area contributed by atoms with Gasteiger partial charge in [-0.05, 0) is 94.6 Å². The predicted molar refractivity (Wildman–Crippen MR) is 154 cm³/mol. The lowest BCUT2D eigenvalue weighted by molar-refractivity contribution is -0.120. The molecule has 5 fully saturated rings. The highest BCUT2D eigenvalue weighted by atomic mass is 16.5. The zero-order chi connectivity index (χ0) is 27.9. The summed E-state index contributed by atoms with van der Waals surface area (Å²) in [6.07, 6.45) is 16.7. The van der Waals surface area contributed by atoms with E-state index in [1.807, 2.05) is 19.2 Å². The number of aryl methyl sites for hydroxylation is 1. The normalized spacial score (nSPS) is 27.2. The number of nitrogens with one attached hydrogen (secondary N) is 1. The van der Waals surface area contributed by atoms with Gasteiger partial charge in [0.2, 0.25) is 11.8 Å². The van der Waals surface area contributed by atoms with Crippen molar-refractivity contribution in [1.82, 2.24) is 15.1 Å². The van der Waals surface area contributed by atoms with Crippen LogP contribution in [0.2, 0.25) is 0 Å². The van der Waals surface area contributed by atoms with Crippen molar-refractivity contribution in [3.05, 3.63) is 47.6 Å². The van der Waals surface area contributed by atoms with Crippen molar-refractivity contribution >= 4 is 11.6 Å². The second-order valence-corrected chi connectivity index (χ2v) is 13.2. The molecular weight excluding hydrogens is 516 g/mol. The Bertz CT molecular complexity index is 1360.